The Kier molecular flexibility index (Phi) is 3.56. The summed E-state index contributed by atoms with van der Waals surface area (Å²) < 4.78 is 0. The van der Waals surface area contributed by atoms with Gasteiger partial charge in [0, 0.05) is 17.5 Å². The molecule has 0 aliphatic carbocycles. The van der Waals surface area contributed by atoms with E-state index in [1.54, 1.807) is 0 Å². The standard InChI is InChI=1S/C11H23NO2/c1-10(2)5-4-6-12(10)7-11(3,8-13)9-14/h13-14H,4-9H2,1-3H3. The van der Waals surface area contributed by atoms with Gasteiger partial charge in [-0.1, -0.05) is 6.92 Å². The first kappa shape index (κ1) is 12.0. The molecule has 14 heavy (non-hydrogen) atoms. The van der Waals surface area contributed by atoms with E-state index in [0.29, 0.717) is 0 Å². The Morgan fingerprint density at radius 3 is 2.21 bits per heavy atom. The van der Waals surface area contributed by atoms with Crippen LogP contribution in [0.3, 0.4) is 0 Å². The largest absolute Gasteiger partial charge is 0.396 e. The van der Waals surface area contributed by atoms with Crippen molar-refractivity contribution < 1.29 is 10.2 Å². The molecule has 0 atom stereocenters. The van der Waals surface area contributed by atoms with E-state index in [4.69, 9.17) is 0 Å². The molecule has 84 valence electrons. The van der Waals surface area contributed by atoms with Gasteiger partial charge in [0.15, 0.2) is 0 Å². The molecule has 3 heteroatoms. The third-order valence-electron chi connectivity index (χ3n) is 3.41. The van der Waals surface area contributed by atoms with Crippen LogP contribution in [0, 0.1) is 5.41 Å². The Bertz CT molecular complexity index is 188. The SMILES string of the molecule is CC(CO)(CO)CN1CCCC1(C)C. The molecule has 1 aliphatic rings. The first-order valence-electron chi connectivity index (χ1n) is 5.40. The Morgan fingerprint density at radius 2 is 1.86 bits per heavy atom. The fraction of sp³-hybridized carbons (Fsp3) is 1.00. The molecule has 0 unspecified atom stereocenters. The molecule has 2 N–H and O–H groups in total. The van der Waals surface area contributed by atoms with Crippen LogP contribution in [0.1, 0.15) is 33.6 Å². The highest BCUT2D eigenvalue weighted by Gasteiger charge is 2.36. The van der Waals surface area contributed by atoms with Crippen LogP contribution in [0.25, 0.3) is 0 Å². The van der Waals surface area contributed by atoms with Crippen molar-refractivity contribution in [1.29, 1.82) is 0 Å². The van der Waals surface area contributed by atoms with Crippen molar-refractivity contribution in [2.75, 3.05) is 26.3 Å². The average molecular weight is 201 g/mol. The smallest absolute Gasteiger partial charge is 0.0519 e. The second-order valence-corrected chi connectivity index (χ2v) is 5.46. The molecule has 0 aromatic carbocycles. The minimum absolute atomic E-state index is 0.0517. The predicted molar refractivity (Wildman–Crippen MR) is 57.2 cm³/mol. The molecule has 1 rings (SSSR count). The van der Waals surface area contributed by atoms with Crippen molar-refractivity contribution in [2.24, 2.45) is 5.41 Å². The zero-order valence-corrected chi connectivity index (χ0v) is 9.58. The summed E-state index contributed by atoms with van der Waals surface area (Å²) in [5.74, 6) is 0. The summed E-state index contributed by atoms with van der Waals surface area (Å²) in [7, 11) is 0. The highest BCUT2D eigenvalue weighted by Crippen LogP contribution is 2.31. The molecule has 1 saturated heterocycles. The topological polar surface area (TPSA) is 43.7 Å². The Labute approximate surface area is 86.7 Å². The van der Waals surface area contributed by atoms with E-state index in [9.17, 15) is 10.2 Å². The number of rotatable bonds is 4. The highest BCUT2D eigenvalue weighted by molar-refractivity contribution is 4.91. The predicted octanol–water partition coefficient (Wildman–Crippen LogP) is 0.852. The van der Waals surface area contributed by atoms with E-state index in [0.717, 1.165) is 13.1 Å². The zero-order valence-electron chi connectivity index (χ0n) is 9.58. The quantitative estimate of drug-likeness (QED) is 0.709. The van der Waals surface area contributed by atoms with E-state index >= 15 is 0 Å². The molecule has 0 radical (unpaired) electrons. The summed E-state index contributed by atoms with van der Waals surface area (Å²) in [5.41, 5.74) is -0.132. The number of nitrogens with zero attached hydrogens (tertiary/aromatic N) is 1. The minimum atomic E-state index is -0.360. The number of aliphatic hydroxyl groups excluding tert-OH is 2. The first-order chi connectivity index (χ1) is 6.43. The van der Waals surface area contributed by atoms with Crippen LogP contribution in [-0.4, -0.2) is 47.0 Å². The van der Waals surface area contributed by atoms with Gasteiger partial charge in [-0.05, 0) is 33.2 Å². The average Bonchev–Trinajstić information content (AvgIpc) is 2.46. The van der Waals surface area contributed by atoms with Crippen molar-refractivity contribution in [3.63, 3.8) is 0 Å². The fourth-order valence-electron chi connectivity index (χ4n) is 2.07. The fourth-order valence-corrected chi connectivity index (χ4v) is 2.07. The molecular weight excluding hydrogens is 178 g/mol. The van der Waals surface area contributed by atoms with Gasteiger partial charge >= 0.3 is 0 Å². The highest BCUT2D eigenvalue weighted by atomic mass is 16.3. The number of hydrogen-bond donors (Lipinski definition) is 2. The normalized spacial score (nSPS) is 22.9. The van der Waals surface area contributed by atoms with E-state index in [1.807, 2.05) is 6.92 Å². The molecule has 0 amide bonds. The number of hydrogen-bond acceptors (Lipinski definition) is 3. The monoisotopic (exact) mass is 201 g/mol. The van der Waals surface area contributed by atoms with Crippen LogP contribution in [0.2, 0.25) is 0 Å². The van der Waals surface area contributed by atoms with Crippen LogP contribution in [0.15, 0.2) is 0 Å². The van der Waals surface area contributed by atoms with Gasteiger partial charge in [-0.25, -0.2) is 0 Å². The van der Waals surface area contributed by atoms with Gasteiger partial charge in [-0.15, -0.1) is 0 Å². The van der Waals surface area contributed by atoms with E-state index in [1.165, 1.54) is 12.8 Å². The second-order valence-electron chi connectivity index (χ2n) is 5.46. The molecule has 0 aromatic rings. The summed E-state index contributed by atoms with van der Waals surface area (Å²) in [6.45, 7) is 8.37. The molecule has 1 fully saturated rings. The Morgan fingerprint density at radius 1 is 1.29 bits per heavy atom. The zero-order chi connectivity index (χ0) is 10.8. The Balaban J connectivity index is 2.59. The molecular formula is C11H23NO2. The molecule has 3 nitrogen and oxygen atoms in total. The van der Waals surface area contributed by atoms with Crippen molar-refractivity contribution in [3.05, 3.63) is 0 Å². The minimum Gasteiger partial charge on any atom is -0.396 e. The summed E-state index contributed by atoms with van der Waals surface area (Å²) in [6.07, 6.45) is 2.43. The van der Waals surface area contributed by atoms with Gasteiger partial charge in [0.25, 0.3) is 0 Å². The van der Waals surface area contributed by atoms with Crippen LogP contribution in [-0.2, 0) is 0 Å². The first-order valence-corrected chi connectivity index (χ1v) is 5.40. The maximum absolute atomic E-state index is 9.23. The molecule has 0 bridgehead atoms. The van der Waals surface area contributed by atoms with Gasteiger partial charge in [-0.2, -0.15) is 0 Å². The third-order valence-corrected chi connectivity index (χ3v) is 3.41. The lowest BCUT2D eigenvalue weighted by Crippen LogP contribution is -2.47. The van der Waals surface area contributed by atoms with E-state index in [-0.39, 0.29) is 24.2 Å². The van der Waals surface area contributed by atoms with Gasteiger partial charge in [0.05, 0.1) is 13.2 Å². The van der Waals surface area contributed by atoms with Crippen molar-refractivity contribution in [1.82, 2.24) is 4.90 Å². The maximum Gasteiger partial charge on any atom is 0.0519 e. The lowest BCUT2D eigenvalue weighted by atomic mass is 9.90. The maximum atomic E-state index is 9.23. The van der Waals surface area contributed by atoms with Crippen LogP contribution < -0.4 is 0 Å². The van der Waals surface area contributed by atoms with Crippen molar-refractivity contribution in [3.8, 4) is 0 Å². The molecule has 1 aliphatic heterocycles. The summed E-state index contributed by atoms with van der Waals surface area (Å²) in [5, 5.41) is 18.5. The third kappa shape index (κ3) is 2.47. The van der Waals surface area contributed by atoms with Crippen LogP contribution in [0.5, 0.6) is 0 Å². The summed E-state index contributed by atoms with van der Waals surface area (Å²) >= 11 is 0. The van der Waals surface area contributed by atoms with Crippen molar-refractivity contribution in [2.45, 2.75) is 39.2 Å². The molecule has 1 heterocycles. The molecule has 0 spiro atoms. The van der Waals surface area contributed by atoms with Crippen LogP contribution in [0.4, 0.5) is 0 Å². The lowest BCUT2D eigenvalue weighted by Gasteiger charge is -2.38. The summed E-state index contributed by atoms with van der Waals surface area (Å²) in [6, 6.07) is 0. The lowest BCUT2D eigenvalue weighted by molar-refractivity contribution is 0.0172. The number of aliphatic hydroxyl groups is 2. The summed E-state index contributed by atoms with van der Waals surface area (Å²) in [4.78, 5) is 2.37. The van der Waals surface area contributed by atoms with Crippen LogP contribution >= 0.6 is 0 Å². The van der Waals surface area contributed by atoms with E-state index in [2.05, 4.69) is 18.7 Å². The van der Waals surface area contributed by atoms with Crippen molar-refractivity contribution >= 4 is 0 Å². The van der Waals surface area contributed by atoms with Gasteiger partial charge in [0.2, 0.25) is 0 Å². The number of likely N-dealkylation sites (tertiary alicyclic amines) is 1. The molecule has 0 saturated carbocycles. The van der Waals surface area contributed by atoms with Gasteiger partial charge in [-0.3, -0.25) is 4.90 Å². The van der Waals surface area contributed by atoms with Gasteiger partial charge in [0.1, 0.15) is 0 Å². The Hall–Kier alpha value is -0.120. The second kappa shape index (κ2) is 4.17. The van der Waals surface area contributed by atoms with Gasteiger partial charge < -0.3 is 10.2 Å². The molecule has 0 aromatic heterocycles. The van der Waals surface area contributed by atoms with E-state index < -0.39 is 0 Å².